The summed E-state index contributed by atoms with van der Waals surface area (Å²) >= 11 is 0. The van der Waals surface area contributed by atoms with Crippen LogP contribution in [0.3, 0.4) is 0 Å². The molecule has 2 N–H and O–H groups in total. The number of H-pyrrole nitrogens is 1. The standard InChI is InChI=1S/C31H25F4N5O2/c32-24-13-20(7-9-23(24)27-38-25-10-8-22(31(33,34)35)14-26(25)39-27)21-16-36-29(37-17-21)40-12-4-11-30(18-40,28(41)42)15-19-5-2-1-3-6-19/h1-3,5-10,13-14,16-17H,4,11-12,15,18H2,(H,38,39)(H,41,42). The number of hydrogen-bond acceptors (Lipinski definition) is 5. The summed E-state index contributed by atoms with van der Waals surface area (Å²) in [5, 5.41) is 10.2. The third-order valence-electron chi connectivity index (χ3n) is 7.70. The third-order valence-corrected chi connectivity index (χ3v) is 7.70. The second-order valence-corrected chi connectivity index (χ2v) is 10.6. The van der Waals surface area contributed by atoms with Crippen molar-refractivity contribution in [1.82, 2.24) is 19.9 Å². The van der Waals surface area contributed by atoms with E-state index in [2.05, 4.69) is 19.9 Å². The number of hydrogen-bond donors (Lipinski definition) is 2. The number of aromatic amines is 1. The highest BCUT2D eigenvalue weighted by molar-refractivity contribution is 5.81. The normalized spacial score (nSPS) is 17.5. The van der Waals surface area contributed by atoms with Gasteiger partial charge in [0.25, 0.3) is 0 Å². The molecule has 1 unspecified atom stereocenters. The number of carboxylic acids is 1. The number of aliphatic carboxylic acids is 1. The molecule has 2 aromatic heterocycles. The summed E-state index contributed by atoms with van der Waals surface area (Å²) in [6, 6.07) is 17.1. The van der Waals surface area contributed by atoms with E-state index in [9.17, 15) is 23.1 Å². The molecule has 1 aliphatic heterocycles. The van der Waals surface area contributed by atoms with Gasteiger partial charge in [-0.15, -0.1) is 0 Å². The highest BCUT2D eigenvalue weighted by Crippen LogP contribution is 2.36. The molecule has 1 atom stereocenters. The zero-order valence-corrected chi connectivity index (χ0v) is 22.2. The molecular formula is C31H25F4N5O2. The van der Waals surface area contributed by atoms with Gasteiger partial charge in [0.15, 0.2) is 0 Å². The molecule has 3 heterocycles. The fraction of sp³-hybridized carbons (Fsp3) is 0.226. The molecule has 3 aromatic carbocycles. The van der Waals surface area contributed by atoms with Crippen LogP contribution < -0.4 is 4.90 Å². The second kappa shape index (κ2) is 10.6. The Bertz CT molecular complexity index is 1760. The van der Waals surface area contributed by atoms with Crippen molar-refractivity contribution in [3.8, 4) is 22.5 Å². The highest BCUT2D eigenvalue weighted by Gasteiger charge is 2.43. The number of imidazole rings is 1. The van der Waals surface area contributed by atoms with Crippen LogP contribution in [0.5, 0.6) is 0 Å². The molecule has 42 heavy (non-hydrogen) atoms. The molecule has 5 aromatic rings. The molecule has 0 saturated carbocycles. The number of fused-ring (bicyclic) bond motifs is 1. The van der Waals surface area contributed by atoms with Crippen molar-refractivity contribution in [3.63, 3.8) is 0 Å². The smallest absolute Gasteiger partial charge is 0.416 e. The van der Waals surface area contributed by atoms with Gasteiger partial charge in [0.2, 0.25) is 5.95 Å². The van der Waals surface area contributed by atoms with E-state index in [0.717, 1.165) is 17.7 Å². The van der Waals surface area contributed by atoms with E-state index in [1.807, 2.05) is 35.2 Å². The molecule has 7 nitrogen and oxygen atoms in total. The molecule has 1 saturated heterocycles. The number of aromatic nitrogens is 4. The number of carboxylic acid groups (broad SMARTS) is 1. The van der Waals surface area contributed by atoms with Crippen LogP contribution in [-0.2, 0) is 17.4 Å². The van der Waals surface area contributed by atoms with Crippen molar-refractivity contribution in [2.75, 3.05) is 18.0 Å². The van der Waals surface area contributed by atoms with Crippen LogP contribution in [-0.4, -0.2) is 44.1 Å². The van der Waals surface area contributed by atoms with Gasteiger partial charge in [-0.1, -0.05) is 36.4 Å². The zero-order valence-electron chi connectivity index (χ0n) is 22.2. The Morgan fingerprint density at radius 3 is 2.45 bits per heavy atom. The van der Waals surface area contributed by atoms with Crippen LogP contribution in [0.25, 0.3) is 33.5 Å². The van der Waals surface area contributed by atoms with Crippen LogP contribution in [0.1, 0.15) is 24.0 Å². The first-order valence-corrected chi connectivity index (χ1v) is 13.3. The molecule has 0 bridgehead atoms. The topological polar surface area (TPSA) is 95.0 Å². The van der Waals surface area contributed by atoms with Crippen LogP contribution in [0.4, 0.5) is 23.5 Å². The van der Waals surface area contributed by atoms with Gasteiger partial charge in [-0.2, -0.15) is 13.2 Å². The van der Waals surface area contributed by atoms with E-state index in [4.69, 9.17) is 0 Å². The van der Waals surface area contributed by atoms with Gasteiger partial charge in [-0.25, -0.2) is 19.3 Å². The fourth-order valence-electron chi connectivity index (χ4n) is 5.52. The summed E-state index contributed by atoms with van der Waals surface area (Å²) in [5.74, 6) is -0.958. The number of piperidine rings is 1. The lowest BCUT2D eigenvalue weighted by Gasteiger charge is -2.40. The molecule has 6 rings (SSSR count). The van der Waals surface area contributed by atoms with Gasteiger partial charge in [-0.3, -0.25) is 4.79 Å². The van der Waals surface area contributed by atoms with Crippen molar-refractivity contribution in [2.45, 2.75) is 25.4 Å². The quantitative estimate of drug-likeness (QED) is 0.217. The van der Waals surface area contributed by atoms with Crippen molar-refractivity contribution >= 4 is 23.0 Å². The van der Waals surface area contributed by atoms with Crippen LogP contribution in [0, 0.1) is 11.2 Å². The van der Waals surface area contributed by atoms with Crippen molar-refractivity contribution in [3.05, 3.63) is 96.1 Å². The number of carbonyl (C=O) groups is 1. The molecule has 0 spiro atoms. The van der Waals surface area contributed by atoms with Gasteiger partial charge in [0, 0.05) is 31.0 Å². The summed E-state index contributed by atoms with van der Waals surface area (Å²) in [4.78, 5) is 30.2. The molecule has 1 aliphatic rings. The predicted molar refractivity (Wildman–Crippen MR) is 149 cm³/mol. The first-order valence-electron chi connectivity index (χ1n) is 13.3. The van der Waals surface area contributed by atoms with E-state index >= 15 is 4.39 Å². The second-order valence-electron chi connectivity index (χ2n) is 10.6. The Morgan fingerprint density at radius 1 is 1.00 bits per heavy atom. The minimum Gasteiger partial charge on any atom is -0.481 e. The Morgan fingerprint density at radius 2 is 1.76 bits per heavy atom. The maximum absolute atomic E-state index is 15.2. The van der Waals surface area contributed by atoms with Gasteiger partial charge in [-0.05, 0) is 60.7 Å². The van der Waals surface area contributed by atoms with Crippen molar-refractivity contribution in [2.24, 2.45) is 5.41 Å². The van der Waals surface area contributed by atoms with Crippen LogP contribution in [0.15, 0.2) is 79.1 Å². The molecule has 11 heteroatoms. The highest BCUT2D eigenvalue weighted by atomic mass is 19.4. The maximum atomic E-state index is 15.2. The van der Waals surface area contributed by atoms with Crippen LogP contribution >= 0.6 is 0 Å². The number of alkyl halides is 3. The first kappa shape index (κ1) is 27.4. The van der Waals surface area contributed by atoms with E-state index < -0.39 is 28.9 Å². The molecule has 1 fully saturated rings. The van der Waals surface area contributed by atoms with E-state index in [1.54, 1.807) is 18.5 Å². The average molecular weight is 576 g/mol. The SMILES string of the molecule is O=C(O)C1(Cc2ccccc2)CCCN(c2ncc(-c3ccc(-c4nc5ccc(C(F)(F)F)cc5[nH]4)c(F)c3)cn2)C1. The molecule has 214 valence electrons. The number of nitrogens with zero attached hydrogens (tertiary/aromatic N) is 4. The maximum Gasteiger partial charge on any atom is 0.416 e. The number of anilines is 1. The first-order chi connectivity index (χ1) is 20.1. The lowest BCUT2D eigenvalue weighted by Crippen LogP contribution is -2.49. The lowest BCUT2D eigenvalue weighted by molar-refractivity contribution is -0.149. The Labute approximate surface area is 237 Å². The minimum absolute atomic E-state index is 0.109. The molecule has 0 radical (unpaired) electrons. The van der Waals surface area contributed by atoms with E-state index in [0.29, 0.717) is 48.4 Å². The molecular weight excluding hydrogens is 550 g/mol. The van der Waals surface area contributed by atoms with Gasteiger partial charge >= 0.3 is 12.1 Å². The Hall–Kier alpha value is -4.80. The number of benzene rings is 3. The van der Waals surface area contributed by atoms with Gasteiger partial charge in [0.05, 0.1) is 27.6 Å². The minimum atomic E-state index is -4.50. The summed E-state index contributed by atoms with van der Waals surface area (Å²) in [6.07, 6.45) is 0.246. The third kappa shape index (κ3) is 5.29. The largest absolute Gasteiger partial charge is 0.481 e. The van der Waals surface area contributed by atoms with Crippen molar-refractivity contribution < 1.29 is 27.5 Å². The number of rotatable bonds is 6. The van der Waals surface area contributed by atoms with E-state index in [-0.39, 0.29) is 23.4 Å². The van der Waals surface area contributed by atoms with Crippen LogP contribution in [0.2, 0.25) is 0 Å². The van der Waals surface area contributed by atoms with Gasteiger partial charge in [0.1, 0.15) is 11.6 Å². The number of halogens is 4. The van der Waals surface area contributed by atoms with Crippen molar-refractivity contribution in [1.29, 1.82) is 0 Å². The van der Waals surface area contributed by atoms with Gasteiger partial charge < -0.3 is 15.0 Å². The summed E-state index contributed by atoms with van der Waals surface area (Å²) in [5.41, 5.74) is 0.773. The Balaban J connectivity index is 1.21. The van der Waals surface area contributed by atoms with E-state index in [1.165, 1.54) is 18.2 Å². The summed E-state index contributed by atoms with van der Waals surface area (Å²) in [7, 11) is 0. The fourth-order valence-corrected chi connectivity index (χ4v) is 5.52. The average Bonchev–Trinajstić information content (AvgIpc) is 3.41. The zero-order chi connectivity index (χ0) is 29.5. The molecule has 0 aliphatic carbocycles. The monoisotopic (exact) mass is 575 g/mol. The summed E-state index contributed by atoms with van der Waals surface area (Å²) in [6.45, 7) is 0.885. The lowest BCUT2D eigenvalue weighted by atomic mass is 9.75. The molecule has 0 amide bonds. The summed E-state index contributed by atoms with van der Waals surface area (Å²) < 4.78 is 54.4. The predicted octanol–water partition coefficient (Wildman–Crippen LogP) is 6.76. The number of nitrogens with one attached hydrogen (secondary N) is 1. The Kier molecular flexibility index (Phi) is 6.88.